The van der Waals surface area contributed by atoms with Gasteiger partial charge in [0.15, 0.2) is 0 Å². The molecule has 12 heavy (non-hydrogen) atoms. The maximum Gasteiger partial charge on any atom is 0.0624 e. The summed E-state index contributed by atoms with van der Waals surface area (Å²) in [5.41, 5.74) is 13.9. The van der Waals surface area contributed by atoms with E-state index in [9.17, 15) is 0 Å². The minimum Gasteiger partial charge on any atom is -0.399 e. The van der Waals surface area contributed by atoms with Crippen LogP contribution in [0.25, 0.3) is 0 Å². The average Bonchev–Trinajstić information content (AvgIpc) is 2.08. The van der Waals surface area contributed by atoms with Gasteiger partial charge < -0.3 is 16.6 Å². The van der Waals surface area contributed by atoms with Gasteiger partial charge >= 0.3 is 0 Å². The molecular formula is C9H14N2O. The van der Waals surface area contributed by atoms with Gasteiger partial charge in [0, 0.05) is 5.69 Å². The van der Waals surface area contributed by atoms with Gasteiger partial charge in [-0.1, -0.05) is 12.1 Å². The topological polar surface area (TPSA) is 72.3 Å². The van der Waals surface area contributed by atoms with E-state index in [0.29, 0.717) is 0 Å². The first kappa shape index (κ1) is 9.03. The van der Waals surface area contributed by atoms with Gasteiger partial charge in [0.25, 0.3) is 0 Å². The number of hydrogen-bond acceptors (Lipinski definition) is 3. The van der Waals surface area contributed by atoms with Gasteiger partial charge in [0.1, 0.15) is 0 Å². The van der Waals surface area contributed by atoms with Crippen LogP contribution < -0.4 is 11.5 Å². The Morgan fingerprint density at radius 2 is 2.17 bits per heavy atom. The monoisotopic (exact) mass is 166 g/mol. The lowest BCUT2D eigenvalue weighted by Gasteiger charge is -2.12. The zero-order valence-corrected chi connectivity index (χ0v) is 7.12. The molecule has 1 atom stereocenters. The zero-order valence-electron chi connectivity index (χ0n) is 7.12. The molecule has 0 radical (unpaired) electrons. The number of rotatable bonds is 2. The Hall–Kier alpha value is -1.06. The molecule has 0 amide bonds. The quantitative estimate of drug-likeness (QED) is 0.562. The van der Waals surface area contributed by atoms with E-state index < -0.39 is 0 Å². The molecule has 1 unspecified atom stereocenters. The van der Waals surface area contributed by atoms with Gasteiger partial charge in [0.05, 0.1) is 12.6 Å². The Balaban J connectivity index is 3.07. The fraction of sp³-hybridized carbons (Fsp3) is 0.333. The molecule has 0 saturated carbocycles. The molecule has 3 nitrogen and oxygen atoms in total. The predicted molar refractivity (Wildman–Crippen MR) is 49.6 cm³/mol. The summed E-state index contributed by atoms with van der Waals surface area (Å²) in [6.07, 6.45) is 0. The largest absolute Gasteiger partial charge is 0.399 e. The normalized spacial score (nSPS) is 12.9. The van der Waals surface area contributed by atoms with Crippen molar-refractivity contribution in [3.05, 3.63) is 29.3 Å². The van der Waals surface area contributed by atoms with E-state index in [4.69, 9.17) is 16.6 Å². The lowest BCUT2D eigenvalue weighted by molar-refractivity contribution is 0.267. The van der Waals surface area contributed by atoms with Crippen LogP contribution in [-0.2, 0) is 0 Å². The van der Waals surface area contributed by atoms with Crippen molar-refractivity contribution in [2.45, 2.75) is 13.0 Å². The summed E-state index contributed by atoms with van der Waals surface area (Å²) in [6.45, 7) is 1.85. The van der Waals surface area contributed by atoms with E-state index in [-0.39, 0.29) is 12.6 Å². The van der Waals surface area contributed by atoms with Gasteiger partial charge in [-0.2, -0.15) is 0 Å². The summed E-state index contributed by atoms with van der Waals surface area (Å²) in [6, 6.07) is 5.22. The molecule has 0 fully saturated rings. The van der Waals surface area contributed by atoms with E-state index in [0.717, 1.165) is 16.8 Å². The first-order chi connectivity index (χ1) is 5.66. The van der Waals surface area contributed by atoms with Gasteiger partial charge in [-0.3, -0.25) is 0 Å². The SMILES string of the molecule is Cc1c(N)cccc1C(N)CO. The lowest BCUT2D eigenvalue weighted by atomic mass is 10.0. The molecule has 0 spiro atoms. The van der Waals surface area contributed by atoms with Crippen molar-refractivity contribution in [2.75, 3.05) is 12.3 Å². The molecular weight excluding hydrogens is 152 g/mol. The van der Waals surface area contributed by atoms with Crippen LogP contribution in [0.4, 0.5) is 5.69 Å². The summed E-state index contributed by atoms with van der Waals surface area (Å²) >= 11 is 0. The van der Waals surface area contributed by atoms with Crippen LogP contribution in [0, 0.1) is 6.92 Å². The fourth-order valence-corrected chi connectivity index (χ4v) is 1.17. The predicted octanol–water partition coefficient (Wildman–Crippen LogP) is 0.569. The molecule has 0 aliphatic carbocycles. The molecule has 1 rings (SSSR count). The highest BCUT2D eigenvalue weighted by Gasteiger charge is 2.08. The lowest BCUT2D eigenvalue weighted by Crippen LogP contribution is -2.16. The standard InChI is InChI=1S/C9H14N2O/c1-6-7(9(11)5-12)3-2-4-8(6)10/h2-4,9,12H,5,10-11H2,1H3. The molecule has 66 valence electrons. The summed E-state index contributed by atoms with van der Waals surface area (Å²) < 4.78 is 0. The Morgan fingerprint density at radius 1 is 1.50 bits per heavy atom. The second-order valence-electron chi connectivity index (χ2n) is 2.85. The maximum absolute atomic E-state index is 8.84. The van der Waals surface area contributed by atoms with E-state index in [1.54, 1.807) is 0 Å². The number of aliphatic hydroxyl groups excluding tert-OH is 1. The summed E-state index contributed by atoms with van der Waals surface area (Å²) in [4.78, 5) is 0. The summed E-state index contributed by atoms with van der Waals surface area (Å²) in [5.74, 6) is 0. The number of nitrogen functional groups attached to an aromatic ring is 1. The maximum atomic E-state index is 8.84. The van der Waals surface area contributed by atoms with Gasteiger partial charge in [-0.05, 0) is 24.1 Å². The van der Waals surface area contributed by atoms with E-state index in [1.165, 1.54) is 0 Å². The van der Waals surface area contributed by atoms with E-state index >= 15 is 0 Å². The van der Waals surface area contributed by atoms with Crippen LogP contribution in [0.3, 0.4) is 0 Å². The van der Waals surface area contributed by atoms with Crippen molar-refractivity contribution in [3.63, 3.8) is 0 Å². The Morgan fingerprint density at radius 3 is 2.75 bits per heavy atom. The summed E-state index contributed by atoms with van der Waals surface area (Å²) in [7, 11) is 0. The molecule has 0 saturated heterocycles. The van der Waals surface area contributed by atoms with E-state index in [1.807, 2.05) is 25.1 Å². The van der Waals surface area contributed by atoms with Crippen LogP contribution in [0.5, 0.6) is 0 Å². The van der Waals surface area contributed by atoms with E-state index in [2.05, 4.69) is 0 Å². The van der Waals surface area contributed by atoms with Gasteiger partial charge in [-0.25, -0.2) is 0 Å². The molecule has 0 aliphatic heterocycles. The molecule has 0 aliphatic rings. The zero-order chi connectivity index (χ0) is 9.14. The third-order valence-corrected chi connectivity index (χ3v) is 2.01. The molecule has 0 bridgehead atoms. The highest BCUT2D eigenvalue weighted by molar-refractivity contribution is 5.50. The fourth-order valence-electron chi connectivity index (χ4n) is 1.17. The molecule has 5 N–H and O–H groups in total. The molecule has 1 aromatic rings. The third-order valence-electron chi connectivity index (χ3n) is 2.01. The van der Waals surface area contributed by atoms with Crippen molar-refractivity contribution in [2.24, 2.45) is 5.73 Å². The van der Waals surface area contributed by atoms with Crippen LogP contribution >= 0.6 is 0 Å². The van der Waals surface area contributed by atoms with Crippen LogP contribution in [0.15, 0.2) is 18.2 Å². The molecule has 0 heterocycles. The average molecular weight is 166 g/mol. The minimum absolute atomic E-state index is 0.0513. The third kappa shape index (κ3) is 1.57. The smallest absolute Gasteiger partial charge is 0.0624 e. The highest BCUT2D eigenvalue weighted by Crippen LogP contribution is 2.20. The number of nitrogens with two attached hydrogens (primary N) is 2. The Labute approximate surface area is 72.0 Å². The number of hydrogen-bond donors (Lipinski definition) is 3. The summed E-state index contributed by atoms with van der Waals surface area (Å²) in [5, 5.41) is 8.84. The Bertz CT molecular complexity index is 273. The van der Waals surface area contributed by atoms with Crippen molar-refractivity contribution in [1.82, 2.24) is 0 Å². The number of anilines is 1. The van der Waals surface area contributed by atoms with Gasteiger partial charge in [0.2, 0.25) is 0 Å². The van der Waals surface area contributed by atoms with Crippen molar-refractivity contribution >= 4 is 5.69 Å². The second kappa shape index (κ2) is 3.56. The first-order valence-electron chi connectivity index (χ1n) is 3.88. The van der Waals surface area contributed by atoms with Crippen molar-refractivity contribution in [3.8, 4) is 0 Å². The Kier molecular flexibility index (Phi) is 2.68. The first-order valence-corrected chi connectivity index (χ1v) is 3.88. The minimum atomic E-state index is -0.325. The van der Waals surface area contributed by atoms with Crippen LogP contribution in [-0.4, -0.2) is 11.7 Å². The number of aliphatic hydroxyl groups is 1. The highest BCUT2D eigenvalue weighted by atomic mass is 16.3. The molecule has 1 aromatic carbocycles. The molecule has 0 aromatic heterocycles. The van der Waals surface area contributed by atoms with Crippen molar-refractivity contribution in [1.29, 1.82) is 0 Å². The van der Waals surface area contributed by atoms with Gasteiger partial charge in [-0.15, -0.1) is 0 Å². The number of benzene rings is 1. The van der Waals surface area contributed by atoms with Crippen LogP contribution in [0.2, 0.25) is 0 Å². The molecule has 3 heteroatoms. The second-order valence-corrected chi connectivity index (χ2v) is 2.85. The van der Waals surface area contributed by atoms with Crippen LogP contribution in [0.1, 0.15) is 17.2 Å². The van der Waals surface area contributed by atoms with Crippen molar-refractivity contribution < 1.29 is 5.11 Å².